The minimum absolute atomic E-state index is 0.0591. The summed E-state index contributed by atoms with van der Waals surface area (Å²) in [5.74, 6) is -0.278. The summed E-state index contributed by atoms with van der Waals surface area (Å²) >= 11 is 0. The van der Waals surface area contributed by atoms with Gasteiger partial charge in [-0.2, -0.15) is 0 Å². The highest BCUT2D eigenvalue weighted by atomic mass is 19.3. The number of alkyl halides is 2. The maximum atomic E-state index is 13.6. The Morgan fingerprint density at radius 1 is 1.08 bits per heavy atom. The van der Waals surface area contributed by atoms with Crippen LogP contribution in [-0.2, 0) is 19.6 Å². The Morgan fingerprint density at radius 2 is 1.86 bits per heavy atom. The Kier molecular flexibility index (Phi) is 6.78. The Morgan fingerprint density at radius 3 is 2.58 bits per heavy atom. The summed E-state index contributed by atoms with van der Waals surface area (Å²) in [7, 11) is 2.04. The first-order valence-corrected chi connectivity index (χ1v) is 12.0. The van der Waals surface area contributed by atoms with Crippen molar-refractivity contribution in [3.8, 4) is 17.2 Å². The highest BCUT2D eigenvalue weighted by Gasteiger charge is 2.29. The van der Waals surface area contributed by atoms with Crippen LogP contribution < -0.4 is 9.47 Å². The monoisotopic (exact) mass is 494 g/mol. The van der Waals surface area contributed by atoms with Gasteiger partial charge in [0.2, 0.25) is 0 Å². The van der Waals surface area contributed by atoms with E-state index in [1.54, 1.807) is 4.90 Å². The summed E-state index contributed by atoms with van der Waals surface area (Å²) < 4.78 is 38.7. The van der Waals surface area contributed by atoms with E-state index in [2.05, 4.69) is 4.90 Å². The fourth-order valence-corrected chi connectivity index (χ4v) is 4.66. The topological polar surface area (TPSA) is 62.2 Å². The zero-order valence-corrected chi connectivity index (χ0v) is 20.0. The largest absolute Gasteiger partial charge is 0.507 e. The molecule has 0 aliphatic carbocycles. The molecule has 0 saturated carbocycles. The molecule has 8 heteroatoms. The van der Waals surface area contributed by atoms with Crippen LogP contribution in [0.15, 0.2) is 60.7 Å². The van der Waals surface area contributed by atoms with Gasteiger partial charge in [-0.1, -0.05) is 36.4 Å². The minimum atomic E-state index is -2.81. The van der Waals surface area contributed by atoms with Crippen LogP contribution >= 0.6 is 0 Å². The van der Waals surface area contributed by atoms with Crippen LogP contribution in [0.5, 0.6) is 17.2 Å². The Labute approximate surface area is 208 Å². The molecule has 6 nitrogen and oxygen atoms in total. The molecule has 0 atom stereocenters. The summed E-state index contributed by atoms with van der Waals surface area (Å²) in [4.78, 5) is 17.3. The number of aromatic hydroxyl groups is 1. The Balaban J connectivity index is 1.38. The lowest BCUT2D eigenvalue weighted by Gasteiger charge is -2.36. The minimum Gasteiger partial charge on any atom is -0.507 e. The lowest BCUT2D eigenvalue weighted by molar-refractivity contribution is 0.0386. The molecule has 0 bridgehead atoms. The molecule has 2 heterocycles. The first-order chi connectivity index (χ1) is 17.4. The third kappa shape index (κ3) is 5.14. The normalized spacial score (nSPS) is 15.9. The molecule has 3 aromatic carbocycles. The molecular formula is C28H28F2N2O4. The first-order valence-electron chi connectivity index (χ1n) is 12.0. The van der Waals surface area contributed by atoms with Gasteiger partial charge in [0.1, 0.15) is 35.5 Å². The molecule has 0 radical (unpaired) electrons. The van der Waals surface area contributed by atoms with Crippen LogP contribution in [0.2, 0.25) is 0 Å². The molecule has 0 unspecified atom stereocenters. The molecule has 3 aromatic rings. The number of carbonyl (C=O) groups excluding carboxylic acids is 1. The van der Waals surface area contributed by atoms with Crippen LogP contribution in [0.1, 0.15) is 39.0 Å². The number of phenols is 1. The molecule has 1 N–H and O–H groups in total. The van der Waals surface area contributed by atoms with Crippen molar-refractivity contribution in [2.75, 3.05) is 26.7 Å². The van der Waals surface area contributed by atoms with Gasteiger partial charge in [-0.3, -0.25) is 9.69 Å². The molecule has 1 fully saturated rings. The predicted molar refractivity (Wildman–Crippen MR) is 131 cm³/mol. The van der Waals surface area contributed by atoms with Crippen molar-refractivity contribution in [1.29, 1.82) is 0 Å². The molecule has 2 aliphatic heterocycles. The second-order valence-electron chi connectivity index (χ2n) is 9.36. The molecule has 0 aromatic heterocycles. The first kappa shape index (κ1) is 24.1. The van der Waals surface area contributed by atoms with Crippen molar-refractivity contribution in [2.24, 2.45) is 0 Å². The fraction of sp³-hybridized carbons (Fsp3) is 0.321. The summed E-state index contributed by atoms with van der Waals surface area (Å²) in [5, 5.41) is 10.6. The Bertz CT molecular complexity index is 1250. The number of likely N-dealkylation sites (tertiary alicyclic amines) is 1. The maximum absolute atomic E-state index is 13.6. The van der Waals surface area contributed by atoms with Gasteiger partial charge in [0.15, 0.2) is 0 Å². The van der Waals surface area contributed by atoms with E-state index in [1.807, 2.05) is 55.6 Å². The average Bonchev–Trinajstić information content (AvgIpc) is 2.86. The second-order valence-corrected chi connectivity index (χ2v) is 9.36. The van der Waals surface area contributed by atoms with E-state index in [1.165, 1.54) is 0 Å². The van der Waals surface area contributed by atoms with Crippen molar-refractivity contribution >= 4 is 5.91 Å². The molecule has 1 amide bonds. The number of likely N-dealkylation sites (N-methyl/N-ethyl adjacent to an activating group) is 1. The van der Waals surface area contributed by atoms with Gasteiger partial charge < -0.3 is 19.5 Å². The standard InChI is InChI=1S/C28H28F2N2O4/c1-31-15-23(16-31)36-22-8-7-19-9-10-32(14-21(19)11-22)28(34)26-24(33)12-20(27(29)30)13-25(26)35-17-18-5-3-2-4-6-18/h2-8,11-13,23,27,33H,9-10,14-17H2,1H3. The quantitative estimate of drug-likeness (QED) is 0.511. The highest BCUT2D eigenvalue weighted by Crippen LogP contribution is 2.36. The third-order valence-corrected chi connectivity index (χ3v) is 6.62. The van der Waals surface area contributed by atoms with E-state index in [0.717, 1.165) is 47.7 Å². The zero-order valence-electron chi connectivity index (χ0n) is 20.0. The van der Waals surface area contributed by atoms with Crippen molar-refractivity contribution in [3.63, 3.8) is 0 Å². The van der Waals surface area contributed by atoms with E-state index in [-0.39, 0.29) is 24.0 Å². The molecule has 2 aliphatic rings. The number of hydrogen-bond donors (Lipinski definition) is 1. The van der Waals surface area contributed by atoms with Gasteiger partial charge in [-0.05, 0) is 54.4 Å². The maximum Gasteiger partial charge on any atom is 0.264 e. The number of ether oxygens (including phenoxy) is 2. The van der Waals surface area contributed by atoms with Crippen molar-refractivity contribution < 1.29 is 28.2 Å². The summed E-state index contributed by atoms with van der Waals surface area (Å²) in [6.07, 6.45) is -2.01. The van der Waals surface area contributed by atoms with Crippen molar-refractivity contribution in [3.05, 3.63) is 88.5 Å². The lowest BCUT2D eigenvalue weighted by atomic mass is 9.98. The van der Waals surface area contributed by atoms with E-state index < -0.39 is 23.6 Å². The van der Waals surface area contributed by atoms with Gasteiger partial charge in [0, 0.05) is 31.7 Å². The van der Waals surface area contributed by atoms with Gasteiger partial charge in [-0.15, -0.1) is 0 Å². The predicted octanol–water partition coefficient (Wildman–Crippen LogP) is 4.80. The number of fused-ring (bicyclic) bond motifs is 1. The molecule has 0 spiro atoms. The van der Waals surface area contributed by atoms with Crippen LogP contribution in [0.4, 0.5) is 8.78 Å². The summed E-state index contributed by atoms with van der Waals surface area (Å²) in [6.45, 7) is 2.59. The summed E-state index contributed by atoms with van der Waals surface area (Å²) in [6, 6.07) is 17.2. The van der Waals surface area contributed by atoms with Crippen LogP contribution in [-0.4, -0.2) is 53.6 Å². The van der Waals surface area contributed by atoms with Crippen LogP contribution in [0.3, 0.4) is 0 Å². The SMILES string of the molecule is CN1CC(Oc2ccc3c(c2)CN(C(=O)c2c(O)cc(C(F)F)cc2OCc2ccccc2)CC3)C1. The molecule has 1 saturated heterocycles. The number of rotatable bonds is 7. The summed E-state index contributed by atoms with van der Waals surface area (Å²) in [5.41, 5.74) is 2.41. The molecular weight excluding hydrogens is 466 g/mol. The number of amides is 1. The van der Waals surface area contributed by atoms with E-state index in [9.17, 15) is 18.7 Å². The molecule has 188 valence electrons. The lowest BCUT2D eigenvalue weighted by Crippen LogP contribution is -2.51. The van der Waals surface area contributed by atoms with E-state index in [0.29, 0.717) is 19.5 Å². The fourth-order valence-electron chi connectivity index (χ4n) is 4.66. The number of benzene rings is 3. The second kappa shape index (κ2) is 10.1. The number of nitrogens with zero attached hydrogens (tertiary/aromatic N) is 2. The van der Waals surface area contributed by atoms with Gasteiger partial charge in [0.25, 0.3) is 12.3 Å². The number of carbonyl (C=O) groups is 1. The van der Waals surface area contributed by atoms with Gasteiger partial charge in [0.05, 0.1) is 0 Å². The van der Waals surface area contributed by atoms with Gasteiger partial charge >= 0.3 is 0 Å². The number of halogens is 2. The van der Waals surface area contributed by atoms with Crippen LogP contribution in [0, 0.1) is 0 Å². The zero-order chi connectivity index (χ0) is 25.2. The van der Waals surface area contributed by atoms with Gasteiger partial charge in [-0.25, -0.2) is 8.78 Å². The highest BCUT2D eigenvalue weighted by molar-refractivity contribution is 6.00. The Hall–Kier alpha value is -3.65. The van der Waals surface area contributed by atoms with E-state index >= 15 is 0 Å². The van der Waals surface area contributed by atoms with Crippen molar-refractivity contribution in [2.45, 2.75) is 32.1 Å². The van der Waals surface area contributed by atoms with E-state index in [4.69, 9.17) is 9.47 Å². The smallest absolute Gasteiger partial charge is 0.264 e. The average molecular weight is 495 g/mol. The number of phenolic OH excluding ortho intramolecular Hbond substituents is 1. The molecule has 36 heavy (non-hydrogen) atoms. The van der Waals surface area contributed by atoms with Crippen molar-refractivity contribution in [1.82, 2.24) is 9.80 Å². The van der Waals surface area contributed by atoms with Crippen LogP contribution in [0.25, 0.3) is 0 Å². The third-order valence-electron chi connectivity index (χ3n) is 6.62. The molecule has 5 rings (SSSR count). The number of hydrogen-bond acceptors (Lipinski definition) is 5.